The number of hydrogen-bond acceptors (Lipinski definition) is 8. The van der Waals surface area contributed by atoms with Crippen LogP contribution in [0.25, 0.3) is 0 Å². The topological polar surface area (TPSA) is 174 Å². The highest BCUT2D eigenvalue weighted by Gasteiger charge is 2.35. The third-order valence-corrected chi connectivity index (χ3v) is 7.09. The van der Waals surface area contributed by atoms with Crippen LogP contribution in [0.1, 0.15) is 39.5 Å². The van der Waals surface area contributed by atoms with Gasteiger partial charge in [0, 0.05) is 0 Å². The highest BCUT2D eigenvalue weighted by Crippen LogP contribution is 2.33. The third kappa shape index (κ3) is 18.3. The minimum atomic E-state index is -4.35. The largest absolute Gasteiger partial charge is 0.481 e. The predicted molar refractivity (Wildman–Crippen MR) is 147 cm³/mol. The molecule has 0 radical (unpaired) electrons. The van der Waals surface area contributed by atoms with E-state index in [4.69, 9.17) is 24.0 Å². The van der Waals surface area contributed by atoms with Crippen molar-refractivity contribution in [3.05, 3.63) is 0 Å². The summed E-state index contributed by atoms with van der Waals surface area (Å²) in [5, 5.41) is 9.89. The summed E-state index contributed by atoms with van der Waals surface area (Å²) in [5.74, 6) is -6.72. The average molecular weight is 599 g/mol. The number of hydrogen-bond donors (Lipinski definition) is 3. The number of aliphatic carboxylic acids is 1. The third-order valence-electron chi connectivity index (χ3n) is 6.33. The van der Waals surface area contributed by atoms with E-state index in [2.05, 4.69) is 0 Å². The molecule has 0 spiro atoms. The molecule has 0 rings (SSSR count). The van der Waals surface area contributed by atoms with Gasteiger partial charge in [-0.2, -0.15) is 0 Å². The summed E-state index contributed by atoms with van der Waals surface area (Å²) >= 11 is 0. The van der Waals surface area contributed by atoms with Crippen LogP contribution in [0.5, 0.6) is 0 Å². The van der Waals surface area contributed by atoms with Crippen LogP contribution in [0.3, 0.4) is 0 Å². The molecule has 14 heteroatoms. The molecule has 0 aromatic rings. The molecule has 0 aromatic heterocycles. The molecule has 40 heavy (non-hydrogen) atoms. The van der Waals surface area contributed by atoms with Gasteiger partial charge in [-0.3, -0.25) is 23.7 Å². The Hall–Kier alpha value is -2.05. The molecule has 13 nitrogen and oxygen atoms in total. The van der Waals surface area contributed by atoms with E-state index in [1.165, 1.54) is 6.92 Å². The highest BCUT2D eigenvalue weighted by atomic mass is 31.2. The standard InChI is InChI=1S/C26H49N2O11P/c1-9-20(25(32)37-12-10-27(3,4)5)17-22(26(33)38-13-11-28(6,7)8)18-21(23(29)30)16-19(2)24(31)39-14-15-40(34,35)36/h19-22H,9-18H2,1-8H3,(H-2,29,30,34,35,36)/p+2. The van der Waals surface area contributed by atoms with E-state index >= 15 is 0 Å². The fourth-order valence-corrected chi connectivity index (χ4v) is 4.04. The van der Waals surface area contributed by atoms with Crippen molar-refractivity contribution in [3.8, 4) is 0 Å². The predicted octanol–water partition coefficient (Wildman–Crippen LogP) is 1.36. The molecular weight excluding hydrogens is 547 g/mol. The van der Waals surface area contributed by atoms with Crippen LogP contribution < -0.4 is 0 Å². The second-order valence-corrected chi connectivity index (χ2v) is 14.1. The van der Waals surface area contributed by atoms with Crippen LogP contribution >= 0.6 is 7.60 Å². The van der Waals surface area contributed by atoms with E-state index in [1.54, 1.807) is 6.92 Å². The van der Waals surface area contributed by atoms with Gasteiger partial charge in [-0.15, -0.1) is 0 Å². The van der Waals surface area contributed by atoms with Crippen LogP contribution in [0.4, 0.5) is 0 Å². The first-order valence-corrected chi connectivity index (χ1v) is 15.3. The maximum Gasteiger partial charge on any atom is 0.328 e. The molecule has 0 aliphatic heterocycles. The lowest BCUT2D eigenvalue weighted by molar-refractivity contribution is -0.870. The summed E-state index contributed by atoms with van der Waals surface area (Å²) < 4.78 is 27.9. The summed E-state index contributed by atoms with van der Waals surface area (Å²) in [6.45, 7) is 4.19. The molecule has 234 valence electrons. The molecule has 0 aliphatic carbocycles. The van der Waals surface area contributed by atoms with E-state index in [1.807, 2.05) is 42.3 Å². The number of carboxylic acid groups (broad SMARTS) is 1. The second kappa shape index (κ2) is 17.0. The van der Waals surface area contributed by atoms with Crippen molar-refractivity contribution >= 4 is 31.5 Å². The number of quaternary nitrogens is 2. The number of ether oxygens (including phenoxy) is 3. The van der Waals surface area contributed by atoms with Crippen molar-refractivity contribution in [2.75, 3.05) is 81.4 Å². The first kappa shape index (κ1) is 38.0. The maximum atomic E-state index is 13.1. The molecule has 4 unspecified atom stereocenters. The zero-order valence-corrected chi connectivity index (χ0v) is 26.2. The van der Waals surface area contributed by atoms with E-state index in [9.17, 15) is 28.8 Å². The number of carboxylic acids is 1. The lowest BCUT2D eigenvalue weighted by Gasteiger charge is -2.27. The van der Waals surface area contributed by atoms with Gasteiger partial charge in [-0.05, 0) is 25.7 Å². The molecule has 0 bridgehead atoms. The molecule has 0 fully saturated rings. The minimum Gasteiger partial charge on any atom is -0.481 e. The van der Waals surface area contributed by atoms with E-state index < -0.39 is 67.9 Å². The molecule has 0 saturated carbocycles. The first-order valence-electron chi connectivity index (χ1n) is 13.5. The molecule has 0 saturated heterocycles. The van der Waals surface area contributed by atoms with E-state index in [-0.39, 0.29) is 32.5 Å². The summed E-state index contributed by atoms with van der Waals surface area (Å²) in [7, 11) is 7.36. The molecular formula is C26H51N2O11P+2. The zero-order chi connectivity index (χ0) is 31.3. The summed E-state index contributed by atoms with van der Waals surface area (Å²) in [6.07, 6.45) is -0.559. The normalized spacial score (nSPS) is 15.4. The molecule has 0 heterocycles. The Morgan fingerprint density at radius 2 is 1.12 bits per heavy atom. The monoisotopic (exact) mass is 598 g/mol. The van der Waals surface area contributed by atoms with E-state index in [0.29, 0.717) is 28.5 Å². The number of likely N-dealkylation sites (N-methyl/N-ethyl adjacent to an activating group) is 2. The quantitative estimate of drug-likeness (QED) is 0.0799. The maximum absolute atomic E-state index is 13.1. The number of carbonyl (C=O) groups is 4. The Balaban J connectivity index is 5.59. The molecule has 3 N–H and O–H groups in total. The Morgan fingerprint density at radius 1 is 0.700 bits per heavy atom. The highest BCUT2D eigenvalue weighted by molar-refractivity contribution is 7.51. The smallest absolute Gasteiger partial charge is 0.328 e. The van der Waals surface area contributed by atoms with Crippen LogP contribution in [0.2, 0.25) is 0 Å². The SMILES string of the molecule is CCC(CC(CC(CC(C)C(=O)OCCP(=O)(O)O)C(=O)O)C(=O)OCC[N+](C)(C)C)C(=O)OCC[N+](C)(C)C. The molecule has 0 aliphatic rings. The first-order chi connectivity index (χ1) is 18.1. The Bertz CT molecular complexity index is 877. The van der Waals surface area contributed by atoms with Gasteiger partial charge in [0.15, 0.2) is 0 Å². The Labute approximate surface area is 238 Å². The van der Waals surface area contributed by atoms with Crippen molar-refractivity contribution in [3.63, 3.8) is 0 Å². The zero-order valence-electron chi connectivity index (χ0n) is 25.3. The van der Waals surface area contributed by atoms with Crippen LogP contribution in [0, 0.1) is 23.7 Å². The van der Waals surface area contributed by atoms with Gasteiger partial charge in [-0.1, -0.05) is 13.8 Å². The van der Waals surface area contributed by atoms with Crippen LogP contribution in [-0.2, 0) is 38.0 Å². The number of nitrogens with zero attached hydrogens (tertiary/aromatic N) is 2. The van der Waals surface area contributed by atoms with Crippen LogP contribution in [-0.4, -0.2) is 129 Å². The Morgan fingerprint density at radius 3 is 1.52 bits per heavy atom. The van der Waals surface area contributed by atoms with Crippen molar-refractivity contribution in [1.29, 1.82) is 0 Å². The van der Waals surface area contributed by atoms with Gasteiger partial charge in [-0.25, -0.2) is 0 Å². The second-order valence-electron chi connectivity index (χ2n) is 12.4. The number of carbonyl (C=O) groups excluding carboxylic acids is 3. The number of rotatable bonds is 20. The molecule has 0 aromatic carbocycles. The molecule has 0 amide bonds. The average Bonchev–Trinajstić information content (AvgIpc) is 2.77. The van der Waals surface area contributed by atoms with Crippen LogP contribution in [0.15, 0.2) is 0 Å². The lowest BCUT2D eigenvalue weighted by Crippen LogP contribution is -2.39. The summed E-state index contributed by atoms with van der Waals surface area (Å²) in [6, 6.07) is 0. The van der Waals surface area contributed by atoms with Gasteiger partial charge in [0.2, 0.25) is 0 Å². The summed E-state index contributed by atoms with van der Waals surface area (Å²) in [4.78, 5) is 68.2. The van der Waals surface area contributed by atoms with Crippen molar-refractivity contribution in [2.45, 2.75) is 39.5 Å². The van der Waals surface area contributed by atoms with Crippen molar-refractivity contribution < 1.29 is 61.8 Å². The van der Waals surface area contributed by atoms with Gasteiger partial charge >= 0.3 is 31.5 Å². The minimum absolute atomic E-state index is 0.0355. The van der Waals surface area contributed by atoms with Gasteiger partial charge in [0.1, 0.15) is 32.9 Å². The fourth-order valence-electron chi connectivity index (χ4n) is 3.71. The summed E-state index contributed by atoms with van der Waals surface area (Å²) in [5.41, 5.74) is 0. The van der Waals surface area contributed by atoms with E-state index in [0.717, 1.165) is 0 Å². The Kier molecular flexibility index (Phi) is 16.2. The van der Waals surface area contributed by atoms with Gasteiger partial charge < -0.3 is 38.1 Å². The van der Waals surface area contributed by atoms with Crippen molar-refractivity contribution in [2.24, 2.45) is 23.7 Å². The molecule has 4 atom stereocenters. The fraction of sp³-hybridized carbons (Fsp3) is 0.846. The van der Waals surface area contributed by atoms with Crippen molar-refractivity contribution in [1.82, 2.24) is 0 Å². The van der Waals surface area contributed by atoms with Gasteiger partial charge in [0.25, 0.3) is 0 Å². The lowest BCUT2D eigenvalue weighted by atomic mass is 9.82. The van der Waals surface area contributed by atoms with Gasteiger partial charge in [0.05, 0.1) is 72.1 Å². The number of esters is 3.